The number of halogens is 1. The Labute approximate surface area is 167 Å². The molecule has 0 saturated carbocycles. The van der Waals surface area contributed by atoms with Crippen molar-refractivity contribution in [2.45, 2.75) is 13.0 Å². The monoisotopic (exact) mass is 376 g/mol. The van der Waals surface area contributed by atoms with E-state index in [2.05, 4.69) is 82.6 Å². The van der Waals surface area contributed by atoms with Crippen molar-refractivity contribution in [2.75, 3.05) is 31.1 Å². The first-order chi connectivity index (χ1) is 12.9. The molecule has 0 spiro atoms. The average molecular weight is 377 g/mol. The van der Waals surface area contributed by atoms with Gasteiger partial charge in [-0.15, -0.1) is 12.4 Å². The fraction of sp³-hybridized carbons (Fsp3) is 0.250. The summed E-state index contributed by atoms with van der Waals surface area (Å²) < 4.78 is 0. The Hall–Kier alpha value is -2.29. The van der Waals surface area contributed by atoms with Gasteiger partial charge < -0.3 is 4.90 Å². The van der Waals surface area contributed by atoms with Crippen LogP contribution in [0.2, 0.25) is 0 Å². The van der Waals surface area contributed by atoms with Crippen molar-refractivity contribution >= 4 is 18.1 Å². The fourth-order valence-corrected chi connectivity index (χ4v) is 4.33. The van der Waals surface area contributed by atoms with E-state index in [1.54, 1.807) is 0 Å². The lowest BCUT2D eigenvalue weighted by molar-refractivity contribution is 0.250. The SMILES string of the molecule is Cl.c1ccc(CN2CCN(c3ccc4c(c3)Cc3ccccc3-4)CC2)cc1. The summed E-state index contributed by atoms with van der Waals surface area (Å²) in [4.78, 5) is 5.11. The first-order valence-corrected chi connectivity index (χ1v) is 9.59. The molecule has 3 aromatic rings. The van der Waals surface area contributed by atoms with E-state index in [9.17, 15) is 0 Å². The highest BCUT2D eigenvalue weighted by atomic mass is 35.5. The number of fused-ring (bicyclic) bond motifs is 3. The minimum absolute atomic E-state index is 0. The van der Waals surface area contributed by atoms with E-state index in [0.29, 0.717) is 0 Å². The van der Waals surface area contributed by atoms with Crippen molar-refractivity contribution in [2.24, 2.45) is 0 Å². The van der Waals surface area contributed by atoms with Crippen LogP contribution in [0.1, 0.15) is 16.7 Å². The van der Waals surface area contributed by atoms with Crippen LogP contribution < -0.4 is 4.90 Å². The zero-order chi connectivity index (χ0) is 17.3. The summed E-state index contributed by atoms with van der Waals surface area (Å²) in [5.41, 5.74) is 8.59. The molecule has 2 aliphatic rings. The molecule has 2 nitrogen and oxygen atoms in total. The smallest absolute Gasteiger partial charge is 0.0370 e. The Morgan fingerprint density at radius 1 is 0.667 bits per heavy atom. The van der Waals surface area contributed by atoms with Crippen LogP contribution in [0.5, 0.6) is 0 Å². The van der Waals surface area contributed by atoms with Crippen molar-refractivity contribution in [3.63, 3.8) is 0 Å². The third-order valence-corrected chi connectivity index (χ3v) is 5.76. The molecular formula is C24H25ClN2. The van der Waals surface area contributed by atoms with Crippen LogP contribution in [0.15, 0.2) is 72.8 Å². The fourth-order valence-electron chi connectivity index (χ4n) is 4.33. The standard InChI is InChI=1S/C24H24N2.ClH/c1-2-6-19(7-3-1)18-25-12-14-26(15-13-25)22-10-11-24-21(17-22)16-20-8-4-5-9-23(20)24;/h1-11,17H,12-16,18H2;1H. The summed E-state index contributed by atoms with van der Waals surface area (Å²) in [5, 5.41) is 0. The van der Waals surface area contributed by atoms with E-state index >= 15 is 0 Å². The van der Waals surface area contributed by atoms with Gasteiger partial charge in [0.1, 0.15) is 0 Å². The van der Waals surface area contributed by atoms with Gasteiger partial charge in [-0.1, -0.05) is 60.7 Å². The van der Waals surface area contributed by atoms with Gasteiger partial charge in [0, 0.05) is 38.4 Å². The number of piperazine rings is 1. The molecule has 1 heterocycles. The molecule has 138 valence electrons. The Bertz CT molecular complexity index is 915. The molecule has 0 aromatic heterocycles. The molecule has 0 unspecified atom stereocenters. The van der Waals surface area contributed by atoms with Crippen LogP contribution in [0, 0.1) is 0 Å². The molecule has 1 fully saturated rings. The second kappa shape index (κ2) is 7.75. The summed E-state index contributed by atoms with van der Waals surface area (Å²) in [6.45, 7) is 5.55. The van der Waals surface area contributed by atoms with Gasteiger partial charge in [0.05, 0.1) is 0 Å². The minimum Gasteiger partial charge on any atom is -0.369 e. The molecule has 0 N–H and O–H groups in total. The van der Waals surface area contributed by atoms with Gasteiger partial charge in [0.2, 0.25) is 0 Å². The summed E-state index contributed by atoms with van der Waals surface area (Å²) in [7, 11) is 0. The van der Waals surface area contributed by atoms with Gasteiger partial charge in [0.15, 0.2) is 0 Å². The highest BCUT2D eigenvalue weighted by molar-refractivity contribution is 5.85. The molecule has 1 saturated heterocycles. The Morgan fingerprint density at radius 3 is 2.19 bits per heavy atom. The third kappa shape index (κ3) is 3.60. The lowest BCUT2D eigenvalue weighted by Gasteiger charge is -2.36. The van der Waals surface area contributed by atoms with Gasteiger partial charge in [-0.05, 0) is 46.4 Å². The van der Waals surface area contributed by atoms with Gasteiger partial charge in [-0.3, -0.25) is 4.90 Å². The van der Waals surface area contributed by atoms with E-state index in [1.807, 2.05) is 0 Å². The van der Waals surface area contributed by atoms with Gasteiger partial charge in [-0.2, -0.15) is 0 Å². The van der Waals surface area contributed by atoms with Crippen molar-refractivity contribution in [1.82, 2.24) is 4.90 Å². The minimum atomic E-state index is 0. The Balaban J connectivity index is 0.00000180. The lowest BCUT2D eigenvalue weighted by atomic mass is 10.0. The molecule has 0 atom stereocenters. The molecule has 0 bridgehead atoms. The van der Waals surface area contributed by atoms with E-state index in [1.165, 1.54) is 33.5 Å². The number of nitrogens with zero attached hydrogens (tertiary/aromatic N) is 2. The first-order valence-electron chi connectivity index (χ1n) is 9.59. The van der Waals surface area contributed by atoms with Crippen LogP contribution in [-0.4, -0.2) is 31.1 Å². The van der Waals surface area contributed by atoms with Crippen LogP contribution >= 0.6 is 12.4 Å². The average Bonchev–Trinajstić information content (AvgIpc) is 3.07. The number of anilines is 1. The normalized spacial score (nSPS) is 15.8. The zero-order valence-electron chi connectivity index (χ0n) is 15.5. The largest absolute Gasteiger partial charge is 0.369 e. The van der Waals surface area contributed by atoms with Crippen LogP contribution in [-0.2, 0) is 13.0 Å². The van der Waals surface area contributed by atoms with Crippen molar-refractivity contribution in [3.8, 4) is 11.1 Å². The van der Waals surface area contributed by atoms with Gasteiger partial charge >= 0.3 is 0 Å². The summed E-state index contributed by atoms with van der Waals surface area (Å²) in [6, 6.07) is 26.7. The summed E-state index contributed by atoms with van der Waals surface area (Å²) in [6.07, 6.45) is 1.08. The summed E-state index contributed by atoms with van der Waals surface area (Å²) >= 11 is 0. The van der Waals surface area contributed by atoms with Gasteiger partial charge in [0.25, 0.3) is 0 Å². The predicted molar refractivity (Wildman–Crippen MR) is 116 cm³/mol. The van der Waals surface area contributed by atoms with E-state index in [0.717, 1.165) is 39.1 Å². The molecule has 0 amide bonds. The number of hydrogen-bond donors (Lipinski definition) is 0. The second-order valence-corrected chi connectivity index (χ2v) is 7.42. The van der Waals surface area contributed by atoms with E-state index < -0.39 is 0 Å². The maximum absolute atomic E-state index is 2.56. The molecule has 1 aliphatic heterocycles. The maximum Gasteiger partial charge on any atom is 0.0370 e. The second-order valence-electron chi connectivity index (χ2n) is 7.42. The van der Waals surface area contributed by atoms with Crippen molar-refractivity contribution in [3.05, 3.63) is 89.5 Å². The lowest BCUT2D eigenvalue weighted by Crippen LogP contribution is -2.46. The maximum atomic E-state index is 2.56. The molecule has 3 heteroatoms. The Kier molecular flexibility index (Phi) is 5.20. The molecule has 3 aromatic carbocycles. The van der Waals surface area contributed by atoms with E-state index in [4.69, 9.17) is 0 Å². The molecule has 1 aliphatic carbocycles. The topological polar surface area (TPSA) is 6.48 Å². The van der Waals surface area contributed by atoms with Crippen LogP contribution in [0.4, 0.5) is 5.69 Å². The highest BCUT2D eigenvalue weighted by Gasteiger charge is 2.21. The van der Waals surface area contributed by atoms with Crippen LogP contribution in [0.3, 0.4) is 0 Å². The Morgan fingerprint density at radius 2 is 1.37 bits per heavy atom. The molecule has 5 rings (SSSR count). The number of benzene rings is 3. The number of hydrogen-bond acceptors (Lipinski definition) is 2. The van der Waals surface area contributed by atoms with Crippen LogP contribution in [0.25, 0.3) is 11.1 Å². The summed E-state index contributed by atoms with van der Waals surface area (Å²) in [5.74, 6) is 0. The zero-order valence-corrected chi connectivity index (χ0v) is 16.3. The van der Waals surface area contributed by atoms with Crippen molar-refractivity contribution < 1.29 is 0 Å². The van der Waals surface area contributed by atoms with Crippen molar-refractivity contribution in [1.29, 1.82) is 0 Å². The number of rotatable bonds is 3. The third-order valence-electron chi connectivity index (χ3n) is 5.76. The predicted octanol–water partition coefficient (Wildman–Crippen LogP) is 5.00. The molecule has 27 heavy (non-hydrogen) atoms. The quantitative estimate of drug-likeness (QED) is 0.496. The molecule has 0 radical (unpaired) electrons. The highest BCUT2D eigenvalue weighted by Crippen LogP contribution is 2.38. The van der Waals surface area contributed by atoms with Gasteiger partial charge in [-0.25, -0.2) is 0 Å². The first kappa shape index (κ1) is 18.1. The molecular weight excluding hydrogens is 352 g/mol. The van der Waals surface area contributed by atoms with E-state index in [-0.39, 0.29) is 12.4 Å².